The van der Waals surface area contributed by atoms with Gasteiger partial charge in [0.1, 0.15) is 0 Å². The summed E-state index contributed by atoms with van der Waals surface area (Å²) in [6, 6.07) is 5.81. The number of hydrogen-bond acceptors (Lipinski definition) is 3. The molecular formula is C17H18NO3-. The highest BCUT2D eigenvalue weighted by Gasteiger charge is 2.48. The third-order valence-electron chi connectivity index (χ3n) is 4.52. The molecule has 1 aromatic carbocycles. The number of allylic oxidation sites excluding steroid dienone is 2. The van der Waals surface area contributed by atoms with Crippen molar-refractivity contribution < 1.29 is 14.7 Å². The Balaban J connectivity index is 1.82. The predicted octanol–water partition coefficient (Wildman–Crippen LogP) is 1.43. The number of benzene rings is 1. The number of aliphatic carboxylic acids is 1. The Bertz CT molecular complexity index is 615. The molecule has 0 radical (unpaired) electrons. The smallest absolute Gasteiger partial charge is 0.228 e. The van der Waals surface area contributed by atoms with E-state index in [-0.39, 0.29) is 17.7 Å². The Hall–Kier alpha value is -2.10. The standard InChI is InChI=1S/C17H19NO3/c1-9-5-10(2)7-13(6-9)18-16(19)14-11-3-4-12(8-11)15(14)17(20)21/h3-7,11-12,14-15H,8H2,1-2H3,(H,18,19)(H,20,21)/p-1/t11-,12-,14+,15-/m0/s1. The first-order valence-corrected chi connectivity index (χ1v) is 7.24. The second-order valence-corrected chi connectivity index (χ2v) is 6.18. The van der Waals surface area contributed by atoms with E-state index in [1.807, 2.05) is 44.2 Å². The topological polar surface area (TPSA) is 69.2 Å². The molecule has 0 aromatic heterocycles. The summed E-state index contributed by atoms with van der Waals surface area (Å²) >= 11 is 0. The number of aryl methyl sites for hydroxylation is 2. The summed E-state index contributed by atoms with van der Waals surface area (Å²) in [6.07, 6.45) is 4.62. The Kier molecular flexibility index (Phi) is 3.32. The summed E-state index contributed by atoms with van der Waals surface area (Å²) in [5.41, 5.74) is 2.85. The van der Waals surface area contributed by atoms with Crippen molar-refractivity contribution in [3.8, 4) is 0 Å². The van der Waals surface area contributed by atoms with Gasteiger partial charge in [0.25, 0.3) is 0 Å². The molecule has 4 heteroatoms. The van der Waals surface area contributed by atoms with Gasteiger partial charge in [0, 0.05) is 17.6 Å². The van der Waals surface area contributed by atoms with Crippen LogP contribution in [0.25, 0.3) is 0 Å². The number of hydrogen-bond donors (Lipinski definition) is 1. The SMILES string of the molecule is Cc1cc(C)cc(NC(=O)[C@H]2[C@@H](C(=O)[O-])[C@H]3C=C[C@H]2C3)c1. The summed E-state index contributed by atoms with van der Waals surface area (Å²) in [5, 5.41) is 14.2. The Morgan fingerprint density at radius 3 is 2.19 bits per heavy atom. The lowest BCUT2D eigenvalue weighted by atomic mass is 9.82. The van der Waals surface area contributed by atoms with Gasteiger partial charge < -0.3 is 15.2 Å². The van der Waals surface area contributed by atoms with Crippen molar-refractivity contribution in [1.29, 1.82) is 0 Å². The van der Waals surface area contributed by atoms with Crippen LogP contribution in [0.4, 0.5) is 5.69 Å². The van der Waals surface area contributed by atoms with E-state index in [0.717, 1.165) is 23.2 Å². The van der Waals surface area contributed by atoms with Crippen LogP contribution in [0.15, 0.2) is 30.4 Å². The first-order valence-electron chi connectivity index (χ1n) is 7.24. The lowest BCUT2D eigenvalue weighted by Crippen LogP contribution is -2.42. The Morgan fingerprint density at radius 2 is 1.62 bits per heavy atom. The average Bonchev–Trinajstić information content (AvgIpc) is 2.96. The van der Waals surface area contributed by atoms with Crippen LogP contribution >= 0.6 is 0 Å². The van der Waals surface area contributed by atoms with Crippen molar-refractivity contribution >= 4 is 17.6 Å². The molecule has 1 saturated carbocycles. The van der Waals surface area contributed by atoms with Crippen LogP contribution in [0.2, 0.25) is 0 Å². The maximum absolute atomic E-state index is 12.5. The summed E-state index contributed by atoms with van der Waals surface area (Å²) < 4.78 is 0. The summed E-state index contributed by atoms with van der Waals surface area (Å²) in [5.74, 6) is -2.60. The summed E-state index contributed by atoms with van der Waals surface area (Å²) in [6.45, 7) is 3.93. The number of carbonyl (C=O) groups is 2. The lowest BCUT2D eigenvalue weighted by molar-refractivity contribution is -0.313. The van der Waals surface area contributed by atoms with E-state index in [9.17, 15) is 14.7 Å². The number of anilines is 1. The maximum atomic E-state index is 12.5. The molecule has 1 amide bonds. The molecule has 3 rings (SSSR count). The van der Waals surface area contributed by atoms with Crippen LogP contribution in [0.3, 0.4) is 0 Å². The molecule has 2 aliphatic carbocycles. The van der Waals surface area contributed by atoms with E-state index >= 15 is 0 Å². The zero-order chi connectivity index (χ0) is 15.1. The second kappa shape index (κ2) is 5.02. The number of nitrogens with one attached hydrogen (secondary N) is 1. The third kappa shape index (κ3) is 2.46. The van der Waals surface area contributed by atoms with Gasteiger partial charge in [0.15, 0.2) is 0 Å². The lowest BCUT2D eigenvalue weighted by Gasteiger charge is -2.27. The van der Waals surface area contributed by atoms with Crippen LogP contribution in [-0.4, -0.2) is 11.9 Å². The highest BCUT2D eigenvalue weighted by atomic mass is 16.4. The van der Waals surface area contributed by atoms with Gasteiger partial charge in [-0.25, -0.2) is 0 Å². The van der Waals surface area contributed by atoms with Gasteiger partial charge in [-0.15, -0.1) is 0 Å². The molecule has 2 bridgehead atoms. The van der Waals surface area contributed by atoms with Crippen molar-refractivity contribution in [3.63, 3.8) is 0 Å². The van der Waals surface area contributed by atoms with Gasteiger partial charge in [-0.1, -0.05) is 18.2 Å². The fraction of sp³-hybridized carbons (Fsp3) is 0.412. The van der Waals surface area contributed by atoms with Gasteiger partial charge in [-0.3, -0.25) is 4.79 Å². The molecule has 21 heavy (non-hydrogen) atoms. The number of carboxylic acid groups (broad SMARTS) is 1. The first-order chi connectivity index (χ1) is 9.95. The van der Waals surface area contributed by atoms with Crippen molar-refractivity contribution in [2.24, 2.45) is 23.7 Å². The molecular weight excluding hydrogens is 266 g/mol. The van der Waals surface area contributed by atoms with E-state index in [1.165, 1.54) is 0 Å². The fourth-order valence-corrected chi connectivity index (χ4v) is 3.77. The minimum atomic E-state index is -1.12. The average molecular weight is 284 g/mol. The quantitative estimate of drug-likeness (QED) is 0.854. The summed E-state index contributed by atoms with van der Waals surface area (Å²) in [7, 11) is 0. The van der Waals surface area contributed by atoms with Crippen LogP contribution < -0.4 is 10.4 Å². The maximum Gasteiger partial charge on any atom is 0.228 e. The molecule has 0 spiro atoms. The molecule has 110 valence electrons. The van der Waals surface area contributed by atoms with E-state index in [4.69, 9.17) is 0 Å². The Labute approximate surface area is 123 Å². The largest absolute Gasteiger partial charge is 0.550 e. The van der Waals surface area contributed by atoms with E-state index in [1.54, 1.807) is 0 Å². The normalized spacial score (nSPS) is 29.6. The number of amides is 1. The molecule has 0 aliphatic heterocycles. The molecule has 0 unspecified atom stereocenters. The van der Waals surface area contributed by atoms with Crippen molar-refractivity contribution in [1.82, 2.24) is 0 Å². The van der Waals surface area contributed by atoms with Crippen LogP contribution in [0.1, 0.15) is 17.5 Å². The molecule has 1 aromatic rings. The van der Waals surface area contributed by atoms with Crippen LogP contribution in [0.5, 0.6) is 0 Å². The van der Waals surface area contributed by atoms with Gasteiger partial charge in [0.05, 0.1) is 5.92 Å². The van der Waals surface area contributed by atoms with Crippen LogP contribution in [0, 0.1) is 37.5 Å². The second-order valence-electron chi connectivity index (χ2n) is 6.18. The number of rotatable bonds is 3. The van der Waals surface area contributed by atoms with Crippen molar-refractivity contribution in [2.45, 2.75) is 20.3 Å². The van der Waals surface area contributed by atoms with Gasteiger partial charge in [-0.05, 0) is 55.4 Å². The molecule has 4 nitrogen and oxygen atoms in total. The minimum absolute atomic E-state index is 0.0174. The zero-order valence-corrected chi connectivity index (χ0v) is 12.1. The Morgan fingerprint density at radius 1 is 1.05 bits per heavy atom. The predicted molar refractivity (Wildman–Crippen MR) is 77.3 cm³/mol. The third-order valence-corrected chi connectivity index (χ3v) is 4.52. The molecule has 0 saturated heterocycles. The molecule has 4 atom stereocenters. The number of fused-ring (bicyclic) bond motifs is 2. The fourth-order valence-electron chi connectivity index (χ4n) is 3.77. The molecule has 2 aliphatic rings. The summed E-state index contributed by atoms with van der Waals surface area (Å²) in [4.78, 5) is 23.8. The monoisotopic (exact) mass is 284 g/mol. The number of carboxylic acids is 1. The van der Waals surface area contributed by atoms with Gasteiger partial charge in [0.2, 0.25) is 5.91 Å². The minimum Gasteiger partial charge on any atom is -0.550 e. The van der Waals surface area contributed by atoms with Crippen molar-refractivity contribution in [2.75, 3.05) is 5.32 Å². The van der Waals surface area contributed by atoms with E-state index in [2.05, 4.69) is 5.32 Å². The first kappa shape index (κ1) is 13.9. The molecule has 1 N–H and O–H groups in total. The molecule has 0 heterocycles. The van der Waals surface area contributed by atoms with Gasteiger partial charge >= 0.3 is 0 Å². The van der Waals surface area contributed by atoms with E-state index < -0.39 is 17.8 Å². The van der Waals surface area contributed by atoms with Gasteiger partial charge in [-0.2, -0.15) is 0 Å². The van der Waals surface area contributed by atoms with E-state index in [0.29, 0.717) is 0 Å². The zero-order valence-electron chi connectivity index (χ0n) is 12.1. The van der Waals surface area contributed by atoms with Crippen LogP contribution in [-0.2, 0) is 9.59 Å². The molecule has 1 fully saturated rings. The number of carbonyl (C=O) groups excluding carboxylic acids is 2. The highest BCUT2D eigenvalue weighted by molar-refractivity contribution is 5.96. The highest BCUT2D eigenvalue weighted by Crippen LogP contribution is 2.48. The van der Waals surface area contributed by atoms with Crippen molar-refractivity contribution in [3.05, 3.63) is 41.5 Å².